The molecular formula is C54H40N2. The summed E-state index contributed by atoms with van der Waals surface area (Å²) in [5.41, 5.74) is 18.1. The van der Waals surface area contributed by atoms with E-state index in [1.165, 1.54) is 72.4 Å². The van der Waals surface area contributed by atoms with Crippen LogP contribution in [-0.4, -0.2) is 4.57 Å². The first-order valence-corrected chi connectivity index (χ1v) is 19.5. The summed E-state index contributed by atoms with van der Waals surface area (Å²) in [7, 11) is 0. The van der Waals surface area contributed by atoms with Gasteiger partial charge in [0.1, 0.15) is 0 Å². The summed E-state index contributed by atoms with van der Waals surface area (Å²) in [5.74, 6) is 0. The maximum Gasteiger partial charge on any atom is 0.0537 e. The van der Waals surface area contributed by atoms with Crippen LogP contribution in [0.2, 0.25) is 0 Å². The summed E-state index contributed by atoms with van der Waals surface area (Å²) in [5, 5.41) is 1.32. The molecule has 0 amide bonds. The molecule has 0 N–H and O–H groups in total. The fraction of sp³-hybridized carbons (Fsp3) is 0.0370. The molecule has 0 bridgehead atoms. The summed E-state index contributed by atoms with van der Waals surface area (Å²) in [4.78, 5) is 2.36. The zero-order chi connectivity index (χ0) is 37.3. The maximum absolute atomic E-state index is 2.47. The van der Waals surface area contributed by atoms with E-state index in [4.69, 9.17) is 0 Å². The van der Waals surface area contributed by atoms with Crippen LogP contribution in [-0.2, 0) is 6.42 Å². The second-order valence-electron chi connectivity index (χ2n) is 14.5. The Bertz CT molecular complexity index is 2740. The monoisotopic (exact) mass is 716 g/mol. The molecular weight excluding hydrogens is 677 g/mol. The number of nitrogens with zero attached hydrogens (tertiary/aromatic N) is 2. The molecule has 1 heterocycles. The highest BCUT2D eigenvalue weighted by molar-refractivity contribution is 5.93. The minimum absolute atomic E-state index is 1.04. The van der Waals surface area contributed by atoms with Gasteiger partial charge in [-0.1, -0.05) is 158 Å². The molecule has 2 heteroatoms. The first-order chi connectivity index (χ1) is 27.8. The molecule has 0 atom stereocenters. The number of hydrogen-bond acceptors (Lipinski definition) is 1. The number of para-hydroxylation sites is 1. The summed E-state index contributed by atoms with van der Waals surface area (Å²) in [6.07, 6.45) is 6.72. The van der Waals surface area contributed by atoms with Crippen molar-refractivity contribution in [3.63, 3.8) is 0 Å². The zero-order valence-electron chi connectivity index (χ0n) is 31.1. The van der Waals surface area contributed by atoms with Gasteiger partial charge in [0, 0.05) is 39.4 Å². The van der Waals surface area contributed by atoms with E-state index in [1.54, 1.807) is 0 Å². The maximum atomic E-state index is 2.47. The first kappa shape index (κ1) is 33.4. The van der Waals surface area contributed by atoms with Crippen molar-refractivity contribution in [3.8, 4) is 50.2 Å². The highest BCUT2D eigenvalue weighted by Crippen LogP contribution is 2.40. The molecule has 8 aromatic carbocycles. The number of benzene rings is 8. The predicted octanol–water partition coefficient (Wildman–Crippen LogP) is 14.7. The number of hydrogen-bond donors (Lipinski definition) is 0. The molecule has 1 aliphatic carbocycles. The van der Waals surface area contributed by atoms with Crippen LogP contribution >= 0.6 is 0 Å². The highest BCUT2D eigenvalue weighted by atomic mass is 15.1. The van der Waals surface area contributed by atoms with E-state index in [9.17, 15) is 0 Å². The first-order valence-electron chi connectivity index (χ1n) is 19.5. The lowest BCUT2D eigenvalue weighted by atomic mass is 9.98. The van der Waals surface area contributed by atoms with Crippen molar-refractivity contribution in [3.05, 3.63) is 224 Å². The second kappa shape index (κ2) is 14.6. The molecule has 10 rings (SSSR count). The molecule has 0 radical (unpaired) electrons. The Kier molecular flexibility index (Phi) is 8.70. The largest absolute Gasteiger partial charge is 0.313 e. The van der Waals surface area contributed by atoms with E-state index in [-0.39, 0.29) is 0 Å². The smallest absolute Gasteiger partial charge is 0.0537 e. The van der Waals surface area contributed by atoms with Crippen LogP contribution in [0, 0.1) is 0 Å². The van der Waals surface area contributed by atoms with Crippen LogP contribution in [0.25, 0.3) is 67.2 Å². The van der Waals surface area contributed by atoms with Crippen LogP contribution in [0.5, 0.6) is 0 Å². The molecule has 1 aliphatic rings. The van der Waals surface area contributed by atoms with Gasteiger partial charge in [-0.25, -0.2) is 0 Å². The molecule has 0 saturated carbocycles. The third-order valence-corrected chi connectivity index (χ3v) is 11.1. The Labute approximate surface area is 328 Å². The normalized spacial score (nSPS) is 12.1. The van der Waals surface area contributed by atoms with Crippen molar-refractivity contribution in [1.29, 1.82) is 0 Å². The van der Waals surface area contributed by atoms with E-state index in [0.717, 1.165) is 29.9 Å². The molecule has 56 heavy (non-hydrogen) atoms. The molecule has 266 valence electrons. The fourth-order valence-electron chi connectivity index (χ4n) is 8.31. The topological polar surface area (TPSA) is 8.17 Å². The molecule has 9 aromatic rings. The lowest BCUT2D eigenvalue weighted by Gasteiger charge is -2.26. The lowest BCUT2D eigenvalue weighted by Crippen LogP contribution is -2.10. The Morgan fingerprint density at radius 3 is 1.52 bits per heavy atom. The van der Waals surface area contributed by atoms with Crippen molar-refractivity contribution < 1.29 is 0 Å². The van der Waals surface area contributed by atoms with E-state index >= 15 is 0 Å². The molecule has 0 unspecified atom stereocenters. The van der Waals surface area contributed by atoms with Gasteiger partial charge >= 0.3 is 0 Å². The van der Waals surface area contributed by atoms with Gasteiger partial charge in [0.25, 0.3) is 0 Å². The third-order valence-electron chi connectivity index (χ3n) is 11.1. The number of rotatable bonds is 8. The Hall–Kier alpha value is -7.16. The van der Waals surface area contributed by atoms with Crippen LogP contribution in [0.1, 0.15) is 17.7 Å². The van der Waals surface area contributed by atoms with Crippen molar-refractivity contribution in [2.75, 3.05) is 4.90 Å². The SMILES string of the molecule is C1=Cc2c(n(-c3cccc(-c4cccc(-c5cccc(N(c6ccc(-c7ccccc7)cc6)c6ccc(-c7ccccc7)cc6)c5)c4)c3)c3ccccc23)CC1. The quantitative estimate of drug-likeness (QED) is 0.152. The fourth-order valence-corrected chi connectivity index (χ4v) is 8.31. The Morgan fingerprint density at radius 2 is 0.875 bits per heavy atom. The van der Waals surface area contributed by atoms with Crippen LogP contribution < -0.4 is 4.90 Å². The van der Waals surface area contributed by atoms with Crippen LogP contribution in [0.15, 0.2) is 212 Å². The third kappa shape index (κ3) is 6.32. The predicted molar refractivity (Wildman–Crippen MR) is 237 cm³/mol. The van der Waals surface area contributed by atoms with Crippen LogP contribution in [0.3, 0.4) is 0 Å². The van der Waals surface area contributed by atoms with Gasteiger partial charge in [0.05, 0.1) is 5.52 Å². The second-order valence-corrected chi connectivity index (χ2v) is 14.5. The Balaban J connectivity index is 1.02. The number of fused-ring (bicyclic) bond motifs is 3. The van der Waals surface area contributed by atoms with E-state index in [1.807, 2.05) is 0 Å². The highest BCUT2D eigenvalue weighted by Gasteiger charge is 2.19. The zero-order valence-corrected chi connectivity index (χ0v) is 31.1. The van der Waals surface area contributed by atoms with E-state index in [2.05, 4.69) is 228 Å². The van der Waals surface area contributed by atoms with Gasteiger partial charge in [-0.15, -0.1) is 0 Å². The minimum Gasteiger partial charge on any atom is -0.313 e. The number of allylic oxidation sites excluding steroid dienone is 1. The average molecular weight is 717 g/mol. The van der Waals surface area contributed by atoms with Crippen molar-refractivity contribution in [2.45, 2.75) is 12.8 Å². The van der Waals surface area contributed by atoms with Crippen molar-refractivity contribution in [2.24, 2.45) is 0 Å². The van der Waals surface area contributed by atoms with E-state index < -0.39 is 0 Å². The molecule has 1 aromatic heterocycles. The number of anilines is 3. The number of aromatic nitrogens is 1. The van der Waals surface area contributed by atoms with Gasteiger partial charge < -0.3 is 9.47 Å². The summed E-state index contributed by atoms with van der Waals surface area (Å²) >= 11 is 0. The lowest BCUT2D eigenvalue weighted by molar-refractivity contribution is 0.889. The molecule has 2 nitrogen and oxygen atoms in total. The van der Waals surface area contributed by atoms with Gasteiger partial charge in [0.2, 0.25) is 0 Å². The van der Waals surface area contributed by atoms with Gasteiger partial charge in [0.15, 0.2) is 0 Å². The molecule has 0 fully saturated rings. The molecule has 0 spiro atoms. The van der Waals surface area contributed by atoms with Gasteiger partial charge in [-0.2, -0.15) is 0 Å². The molecule has 0 aliphatic heterocycles. The standard InChI is InChI=1S/C54H40N2/c1-3-14-39(15-4-1)41-28-32-47(33-29-41)55(48-34-30-42(31-35-48)40-16-5-2-6-17-40)49-22-12-20-45(37-49)43-18-11-19-44(36-43)46-21-13-23-50(38-46)56-53-26-9-7-24-51(53)52-25-8-10-27-54(52)56/h1-9,11-26,28-38H,10,27H2. The van der Waals surface area contributed by atoms with Crippen LogP contribution in [0.4, 0.5) is 17.1 Å². The average Bonchev–Trinajstić information content (AvgIpc) is 3.62. The molecule has 0 saturated heterocycles. The van der Waals surface area contributed by atoms with Crippen molar-refractivity contribution in [1.82, 2.24) is 4.57 Å². The Morgan fingerprint density at radius 1 is 0.375 bits per heavy atom. The summed E-state index contributed by atoms with van der Waals surface area (Å²) < 4.78 is 2.47. The summed E-state index contributed by atoms with van der Waals surface area (Å²) in [6.45, 7) is 0. The van der Waals surface area contributed by atoms with Gasteiger partial charge in [-0.05, 0) is 118 Å². The van der Waals surface area contributed by atoms with Gasteiger partial charge in [-0.3, -0.25) is 0 Å². The minimum atomic E-state index is 1.04. The van der Waals surface area contributed by atoms with E-state index in [0.29, 0.717) is 0 Å². The van der Waals surface area contributed by atoms with Crippen molar-refractivity contribution >= 4 is 34.0 Å². The summed E-state index contributed by atoms with van der Waals surface area (Å²) in [6, 6.07) is 74.7.